The third-order valence-corrected chi connectivity index (χ3v) is 10.9. The van der Waals surface area contributed by atoms with Gasteiger partial charge in [0.1, 0.15) is 13.2 Å². The number of rotatable bonds is 12. The van der Waals surface area contributed by atoms with Gasteiger partial charge in [-0.15, -0.1) is 0 Å². The van der Waals surface area contributed by atoms with Crippen molar-refractivity contribution in [2.45, 2.75) is 83.0 Å². The van der Waals surface area contributed by atoms with E-state index >= 15 is 0 Å². The summed E-state index contributed by atoms with van der Waals surface area (Å²) in [5.74, 6) is 0.158. The molecule has 1 fully saturated rings. The minimum Gasteiger partial charge on any atom is -0.444 e. The number of unbranched alkanes of at least 4 members (excludes halogenated alkanes) is 1. The Morgan fingerprint density at radius 2 is 1.33 bits per heavy atom. The summed E-state index contributed by atoms with van der Waals surface area (Å²) in [5, 5.41) is 4.65. The number of carbonyl (C=O) groups is 3. The molecule has 0 spiro atoms. The van der Waals surface area contributed by atoms with Crippen LogP contribution in [0.2, 0.25) is 18.1 Å². The molecule has 1 saturated heterocycles. The molecule has 1 heterocycles. The Hall–Kier alpha value is -4.70. The maximum absolute atomic E-state index is 13.9. The second-order valence-electron chi connectivity index (χ2n) is 13.1. The molecule has 2 unspecified atom stereocenters. The molecule has 0 bridgehead atoms. The van der Waals surface area contributed by atoms with Gasteiger partial charge in [0, 0.05) is 12.1 Å². The molecule has 0 aromatic heterocycles. The maximum atomic E-state index is 13.9. The molecule has 10 heteroatoms. The van der Waals surface area contributed by atoms with Gasteiger partial charge in [-0.3, -0.25) is 20.4 Å². The highest BCUT2D eigenvalue weighted by Gasteiger charge is 2.63. The predicted molar refractivity (Wildman–Crippen MR) is 192 cm³/mol. The number of ether oxygens (including phenoxy) is 2. The van der Waals surface area contributed by atoms with Gasteiger partial charge >= 0.3 is 12.2 Å². The third-order valence-electron chi connectivity index (χ3n) is 8.38. The molecule has 1 aliphatic heterocycles. The van der Waals surface area contributed by atoms with Crippen molar-refractivity contribution in [3.63, 3.8) is 0 Å². The Morgan fingerprint density at radius 1 is 0.833 bits per heavy atom. The number of nitrogens with one attached hydrogen (secondary N) is 2. The highest BCUT2D eigenvalue weighted by molar-refractivity contribution is 6.65. The smallest absolute Gasteiger partial charge is 0.414 e. The van der Waals surface area contributed by atoms with E-state index in [4.69, 9.17) is 9.47 Å². The lowest BCUT2D eigenvalue weighted by atomic mass is 9.77. The van der Waals surface area contributed by atoms with Crippen molar-refractivity contribution in [1.82, 2.24) is 15.5 Å². The number of benzene rings is 3. The molecule has 0 aliphatic carbocycles. The number of likely N-dealkylation sites (tertiary alicyclic amines) is 1. The quantitative estimate of drug-likeness (QED) is 0.0681. The average Bonchev–Trinajstić information content (AvgIpc) is 3.06. The van der Waals surface area contributed by atoms with Crippen LogP contribution in [0.4, 0.5) is 9.59 Å². The van der Waals surface area contributed by atoms with Crippen LogP contribution in [0.15, 0.2) is 102 Å². The number of amides is 3. The average molecular weight is 668 g/mol. The van der Waals surface area contributed by atoms with Crippen LogP contribution in [-0.4, -0.2) is 55.9 Å². The van der Waals surface area contributed by atoms with E-state index in [1.165, 1.54) is 0 Å². The normalized spacial score (nSPS) is 17.5. The summed E-state index contributed by atoms with van der Waals surface area (Å²) in [4.78, 5) is 45.7. The first-order chi connectivity index (χ1) is 23.0. The van der Waals surface area contributed by atoms with Gasteiger partial charge in [-0.2, -0.15) is 0 Å². The van der Waals surface area contributed by atoms with Crippen molar-refractivity contribution < 1.29 is 23.9 Å². The number of nitrogens with zero attached hydrogens (tertiary/aromatic N) is 2. The zero-order valence-corrected chi connectivity index (χ0v) is 29.6. The number of aliphatic imine (C=N–C) groups is 1. The minimum atomic E-state index is -1.05. The van der Waals surface area contributed by atoms with Crippen LogP contribution < -0.4 is 10.6 Å². The minimum absolute atomic E-state index is 0.00439. The Kier molecular flexibility index (Phi) is 12.7. The number of β-lactam (4-membered cyclic amide) rings is 1. The van der Waals surface area contributed by atoms with E-state index in [2.05, 4.69) is 73.8 Å². The van der Waals surface area contributed by atoms with E-state index < -0.39 is 26.0 Å². The fourth-order valence-corrected chi connectivity index (χ4v) is 7.95. The highest BCUT2D eigenvalue weighted by atomic mass is 28.3. The summed E-state index contributed by atoms with van der Waals surface area (Å²) in [6, 6.07) is 28.8. The standard InChI is InChI=1S/C38H47N4O5Si/c1-37(2,3)42-32(24-23-29-17-9-6-10-18-29)38(33(42)43,48(4)5)25-15-16-26-39-34(40-35(44)46-27-30-19-11-7-12-20-30)41-36(45)47-28-31-21-13-8-14-22-31/h6-14,17-24,32H,15-16,25-28H2,1-5H3,(H2,39,40,41,44,45). The first-order valence-electron chi connectivity index (χ1n) is 16.4. The van der Waals surface area contributed by atoms with E-state index in [1.807, 2.05) is 83.8 Å². The molecule has 3 aromatic rings. The second-order valence-corrected chi connectivity index (χ2v) is 16.0. The molecule has 0 saturated carbocycles. The van der Waals surface area contributed by atoms with Crippen molar-refractivity contribution in [2.75, 3.05) is 6.54 Å². The van der Waals surface area contributed by atoms with Crippen molar-refractivity contribution >= 4 is 38.9 Å². The van der Waals surface area contributed by atoms with Crippen molar-refractivity contribution in [1.29, 1.82) is 0 Å². The van der Waals surface area contributed by atoms with E-state index in [0.29, 0.717) is 13.0 Å². The first kappa shape index (κ1) is 36.1. The topological polar surface area (TPSA) is 109 Å². The molecule has 2 atom stereocenters. The Morgan fingerprint density at radius 3 is 1.81 bits per heavy atom. The van der Waals surface area contributed by atoms with Crippen LogP contribution in [0.5, 0.6) is 0 Å². The Balaban J connectivity index is 1.41. The van der Waals surface area contributed by atoms with Gasteiger partial charge in [0.25, 0.3) is 0 Å². The lowest BCUT2D eigenvalue weighted by molar-refractivity contribution is -0.160. The summed E-state index contributed by atoms with van der Waals surface area (Å²) in [7, 11) is -1.05. The number of guanidine groups is 1. The SMILES string of the molecule is C[Si](C)C1(CCCCN=C(NC(=O)OCc2ccccc2)NC(=O)OCc2ccccc2)C(=O)N(C(C)(C)C)C1C=Cc1ccccc1. The molecular formula is C38H47N4O5Si. The monoisotopic (exact) mass is 667 g/mol. The first-order valence-corrected chi connectivity index (χ1v) is 18.9. The van der Waals surface area contributed by atoms with Crippen LogP contribution in [0.1, 0.15) is 56.7 Å². The third kappa shape index (κ3) is 9.67. The fourth-order valence-electron chi connectivity index (χ4n) is 5.90. The highest BCUT2D eigenvalue weighted by Crippen LogP contribution is 2.55. The van der Waals surface area contributed by atoms with Crippen LogP contribution in [0.3, 0.4) is 0 Å². The lowest BCUT2D eigenvalue weighted by Crippen LogP contribution is -2.72. The van der Waals surface area contributed by atoms with Gasteiger partial charge < -0.3 is 14.4 Å². The molecule has 2 N–H and O–H groups in total. The molecule has 4 rings (SSSR count). The van der Waals surface area contributed by atoms with E-state index in [-0.39, 0.29) is 36.7 Å². The van der Waals surface area contributed by atoms with Gasteiger partial charge in [-0.1, -0.05) is 123 Å². The number of hydrogen-bond acceptors (Lipinski definition) is 6. The number of carbonyl (C=O) groups excluding carboxylic acids is 3. The van der Waals surface area contributed by atoms with E-state index in [0.717, 1.165) is 29.5 Å². The fraction of sp³-hybridized carbons (Fsp3) is 0.368. The van der Waals surface area contributed by atoms with Gasteiger partial charge in [-0.05, 0) is 50.3 Å². The van der Waals surface area contributed by atoms with Crippen LogP contribution in [0, 0.1) is 0 Å². The second kappa shape index (κ2) is 16.9. The summed E-state index contributed by atoms with van der Waals surface area (Å²) in [6.07, 6.45) is 4.96. The van der Waals surface area contributed by atoms with Crippen LogP contribution in [-0.2, 0) is 27.5 Å². The molecule has 48 heavy (non-hydrogen) atoms. The van der Waals surface area contributed by atoms with E-state index in [1.54, 1.807) is 0 Å². The predicted octanol–water partition coefficient (Wildman–Crippen LogP) is 7.58. The van der Waals surface area contributed by atoms with Crippen molar-refractivity contribution in [3.05, 3.63) is 114 Å². The zero-order chi connectivity index (χ0) is 34.6. The van der Waals surface area contributed by atoms with Gasteiger partial charge in [0.05, 0.1) is 19.9 Å². The van der Waals surface area contributed by atoms with Crippen LogP contribution >= 0.6 is 0 Å². The molecule has 3 aromatic carbocycles. The summed E-state index contributed by atoms with van der Waals surface area (Å²) < 4.78 is 10.7. The van der Waals surface area contributed by atoms with Crippen LogP contribution in [0.25, 0.3) is 6.08 Å². The molecule has 253 valence electrons. The van der Waals surface area contributed by atoms with Crippen molar-refractivity contribution in [3.8, 4) is 0 Å². The van der Waals surface area contributed by atoms with Gasteiger partial charge in [0.2, 0.25) is 11.9 Å². The molecule has 1 radical (unpaired) electrons. The number of hydrogen-bond donors (Lipinski definition) is 2. The molecule has 9 nitrogen and oxygen atoms in total. The molecule has 3 amide bonds. The Labute approximate surface area is 286 Å². The molecule has 1 aliphatic rings. The number of alkyl carbamates (subject to hydrolysis) is 2. The molecular weight excluding hydrogens is 621 g/mol. The van der Waals surface area contributed by atoms with Gasteiger partial charge in [-0.25, -0.2) is 9.59 Å². The van der Waals surface area contributed by atoms with Crippen molar-refractivity contribution in [2.24, 2.45) is 4.99 Å². The van der Waals surface area contributed by atoms with E-state index in [9.17, 15) is 14.4 Å². The van der Waals surface area contributed by atoms with Gasteiger partial charge in [0.15, 0.2) is 0 Å². The Bertz CT molecular complexity index is 1500. The summed E-state index contributed by atoms with van der Waals surface area (Å²) in [5.41, 5.74) is 2.46. The largest absolute Gasteiger partial charge is 0.444 e. The summed E-state index contributed by atoms with van der Waals surface area (Å²) >= 11 is 0. The maximum Gasteiger partial charge on any atom is 0.414 e. The summed E-state index contributed by atoms with van der Waals surface area (Å²) in [6.45, 7) is 11.2. The lowest BCUT2D eigenvalue weighted by Gasteiger charge is -2.62. The zero-order valence-electron chi connectivity index (χ0n) is 28.6.